The highest BCUT2D eigenvalue weighted by atomic mass is 32.1. The van der Waals surface area contributed by atoms with Gasteiger partial charge in [0.1, 0.15) is 7.05 Å². The number of aromatic nitrogens is 1. The maximum Gasteiger partial charge on any atom is 0.305 e. The summed E-state index contributed by atoms with van der Waals surface area (Å²) < 4.78 is 1.95. The molecule has 1 heterocycles. The molecule has 0 atom stereocenters. The Morgan fingerprint density at radius 2 is 2.00 bits per heavy atom. The molecule has 0 N–H and O–H groups in total. The molecule has 0 fully saturated rings. The van der Waals surface area contributed by atoms with Crippen molar-refractivity contribution in [2.24, 2.45) is 7.05 Å². The van der Waals surface area contributed by atoms with E-state index < -0.39 is 0 Å². The van der Waals surface area contributed by atoms with Crippen LogP contribution < -0.4 is 4.57 Å². The van der Waals surface area contributed by atoms with Gasteiger partial charge in [0.15, 0.2) is 5.69 Å². The Morgan fingerprint density at radius 1 is 1.45 bits per heavy atom. The van der Waals surface area contributed by atoms with Crippen molar-refractivity contribution in [1.29, 1.82) is 0 Å². The van der Waals surface area contributed by atoms with E-state index in [4.69, 9.17) is 0 Å². The predicted octanol–water partition coefficient (Wildman–Crippen LogP) is 1.39. The van der Waals surface area contributed by atoms with Crippen LogP contribution in [-0.4, -0.2) is 5.78 Å². The molecular formula is C8H12NOS+. The Kier molecular flexibility index (Phi) is 2.09. The minimum atomic E-state index is 0.147. The fraction of sp³-hybridized carbons (Fsp3) is 0.500. The van der Waals surface area contributed by atoms with E-state index in [1.54, 1.807) is 18.3 Å². The van der Waals surface area contributed by atoms with Gasteiger partial charge in [0.25, 0.3) is 0 Å². The van der Waals surface area contributed by atoms with E-state index in [0.717, 1.165) is 5.01 Å². The van der Waals surface area contributed by atoms with Crippen LogP contribution in [0, 0.1) is 13.8 Å². The van der Waals surface area contributed by atoms with E-state index in [1.807, 2.05) is 25.5 Å². The number of thiazole rings is 1. The monoisotopic (exact) mass is 170 g/mol. The lowest BCUT2D eigenvalue weighted by Gasteiger charge is -1.85. The van der Waals surface area contributed by atoms with Crippen LogP contribution in [0.1, 0.15) is 27.3 Å². The zero-order chi connectivity index (χ0) is 8.59. The van der Waals surface area contributed by atoms with Crippen LogP contribution in [-0.2, 0) is 7.05 Å². The highest BCUT2D eigenvalue weighted by molar-refractivity contribution is 7.13. The molecule has 0 aliphatic carbocycles. The molecule has 11 heavy (non-hydrogen) atoms. The van der Waals surface area contributed by atoms with E-state index in [-0.39, 0.29) is 5.78 Å². The summed E-state index contributed by atoms with van der Waals surface area (Å²) in [6.45, 7) is 5.66. The van der Waals surface area contributed by atoms with Gasteiger partial charge in [-0.3, -0.25) is 4.79 Å². The highest BCUT2D eigenvalue weighted by Gasteiger charge is 2.20. The average molecular weight is 170 g/mol. The predicted molar refractivity (Wildman–Crippen MR) is 45.0 cm³/mol. The van der Waals surface area contributed by atoms with Crippen LogP contribution in [0.2, 0.25) is 0 Å². The summed E-state index contributed by atoms with van der Waals surface area (Å²) in [5, 5.41) is 0.833. The van der Waals surface area contributed by atoms with E-state index in [1.165, 1.54) is 10.6 Å². The van der Waals surface area contributed by atoms with Crippen LogP contribution in [0.5, 0.6) is 0 Å². The fourth-order valence-corrected chi connectivity index (χ4v) is 1.98. The molecule has 0 saturated heterocycles. The van der Waals surface area contributed by atoms with Crippen molar-refractivity contribution in [3.05, 3.63) is 15.6 Å². The van der Waals surface area contributed by atoms with Crippen LogP contribution in [0.25, 0.3) is 0 Å². The molecule has 0 saturated carbocycles. The van der Waals surface area contributed by atoms with Crippen molar-refractivity contribution < 1.29 is 9.36 Å². The molecule has 0 aliphatic heterocycles. The lowest BCUT2D eigenvalue weighted by molar-refractivity contribution is -0.674. The number of Topliss-reactive ketones (excluding diaryl/α,β-unsaturated/α-hetero) is 1. The van der Waals surface area contributed by atoms with Gasteiger partial charge in [-0.15, -0.1) is 0 Å². The quantitative estimate of drug-likeness (QED) is 0.461. The third-order valence-electron chi connectivity index (χ3n) is 1.87. The second-order valence-corrected chi connectivity index (χ2v) is 3.87. The van der Waals surface area contributed by atoms with Crippen molar-refractivity contribution in [3.63, 3.8) is 0 Å². The summed E-state index contributed by atoms with van der Waals surface area (Å²) in [6.07, 6.45) is 0. The topological polar surface area (TPSA) is 20.9 Å². The van der Waals surface area contributed by atoms with Gasteiger partial charge in [-0.05, 0) is 6.92 Å². The Bertz CT molecular complexity index is 301. The summed E-state index contributed by atoms with van der Waals surface area (Å²) in [5.41, 5.74) is 1.18. The van der Waals surface area contributed by atoms with Gasteiger partial charge in [0.05, 0.1) is 4.88 Å². The first kappa shape index (κ1) is 8.40. The first-order valence-electron chi connectivity index (χ1n) is 3.51. The summed E-state index contributed by atoms with van der Waals surface area (Å²) >= 11 is 1.56. The van der Waals surface area contributed by atoms with Crippen molar-refractivity contribution in [2.45, 2.75) is 20.8 Å². The minimum absolute atomic E-state index is 0.147. The maximum absolute atomic E-state index is 11.0. The lowest BCUT2D eigenvalue weighted by atomic mass is 10.4. The van der Waals surface area contributed by atoms with Crippen molar-refractivity contribution in [3.8, 4) is 0 Å². The molecule has 0 spiro atoms. The van der Waals surface area contributed by atoms with E-state index in [9.17, 15) is 4.79 Å². The van der Waals surface area contributed by atoms with Crippen LogP contribution >= 0.6 is 11.3 Å². The average Bonchev–Trinajstić information content (AvgIpc) is 2.17. The zero-order valence-corrected chi connectivity index (χ0v) is 8.08. The Hall–Kier alpha value is -0.700. The Morgan fingerprint density at radius 3 is 2.18 bits per heavy atom. The van der Waals surface area contributed by atoms with Gasteiger partial charge in [-0.25, -0.2) is 0 Å². The Balaban J connectivity index is 3.29. The molecule has 60 valence electrons. The number of ketones is 1. The smallest absolute Gasteiger partial charge is 0.287 e. The summed E-state index contributed by atoms with van der Waals surface area (Å²) in [6, 6.07) is 0. The number of aryl methyl sites for hydroxylation is 1. The molecule has 0 amide bonds. The van der Waals surface area contributed by atoms with E-state index in [0.29, 0.717) is 0 Å². The molecule has 1 aromatic heterocycles. The van der Waals surface area contributed by atoms with E-state index >= 15 is 0 Å². The largest absolute Gasteiger partial charge is 0.305 e. The number of hydrogen-bond donors (Lipinski definition) is 0. The van der Waals surface area contributed by atoms with Crippen molar-refractivity contribution in [1.82, 2.24) is 0 Å². The fourth-order valence-electron chi connectivity index (χ4n) is 0.984. The van der Waals surface area contributed by atoms with Gasteiger partial charge >= 0.3 is 5.01 Å². The minimum Gasteiger partial charge on any atom is -0.287 e. The second-order valence-electron chi connectivity index (χ2n) is 2.66. The third-order valence-corrected chi connectivity index (χ3v) is 3.22. The van der Waals surface area contributed by atoms with Gasteiger partial charge in [-0.2, -0.15) is 4.57 Å². The number of hydrogen-bond acceptors (Lipinski definition) is 2. The molecule has 2 nitrogen and oxygen atoms in total. The molecular weight excluding hydrogens is 158 g/mol. The third kappa shape index (κ3) is 1.33. The molecule has 0 aliphatic rings. The second kappa shape index (κ2) is 2.74. The molecule has 3 heteroatoms. The molecule has 1 aromatic rings. The van der Waals surface area contributed by atoms with Gasteiger partial charge in [0.2, 0.25) is 5.78 Å². The SMILES string of the molecule is CC(=O)c1sc(C)c(C)[n+]1C. The van der Waals surface area contributed by atoms with Crippen molar-refractivity contribution >= 4 is 17.1 Å². The van der Waals surface area contributed by atoms with Gasteiger partial charge in [-0.1, -0.05) is 11.3 Å². The standard InChI is InChI=1S/C8H12NOS/c1-5-7(3)11-8(6(2)10)9(5)4/h1-4H3/q+1. The Labute approximate surface area is 70.5 Å². The number of rotatable bonds is 1. The first-order valence-corrected chi connectivity index (χ1v) is 4.32. The van der Waals surface area contributed by atoms with E-state index in [2.05, 4.69) is 0 Å². The van der Waals surface area contributed by atoms with Gasteiger partial charge < -0.3 is 0 Å². The van der Waals surface area contributed by atoms with Crippen LogP contribution in [0.3, 0.4) is 0 Å². The molecule has 0 radical (unpaired) electrons. The molecule has 0 aromatic carbocycles. The highest BCUT2D eigenvalue weighted by Crippen LogP contribution is 2.13. The lowest BCUT2D eigenvalue weighted by Crippen LogP contribution is -2.35. The molecule has 1 rings (SSSR count). The maximum atomic E-state index is 11.0. The van der Waals surface area contributed by atoms with Crippen LogP contribution in [0.4, 0.5) is 0 Å². The van der Waals surface area contributed by atoms with Crippen LogP contribution in [0.15, 0.2) is 0 Å². The van der Waals surface area contributed by atoms with Gasteiger partial charge in [0, 0.05) is 13.8 Å². The molecule has 0 bridgehead atoms. The summed E-state index contributed by atoms with van der Waals surface area (Å²) in [5.74, 6) is 0.147. The number of nitrogens with zero attached hydrogens (tertiary/aromatic N) is 1. The molecule has 0 unspecified atom stereocenters. The zero-order valence-electron chi connectivity index (χ0n) is 7.26. The summed E-state index contributed by atoms with van der Waals surface area (Å²) in [7, 11) is 1.93. The summed E-state index contributed by atoms with van der Waals surface area (Å²) in [4.78, 5) is 12.2. The normalized spacial score (nSPS) is 10.2. The first-order chi connectivity index (χ1) is 5.04. The number of carbonyl (C=O) groups is 1. The number of carbonyl (C=O) groups excluding carboxylic acids is 1. The van der Waals surface area contributed by atoms with Crippen molar-refractivity contribution in [2.75, 3.05) is 0 Å².